The highest BCUT2D eigenvalue weighted by molar-refractivity contribution is 6.33. The molecule has 4 rings (SSSR count). The molecular weight excluding hydrogens is 509 g/mol. The summed E-state index contributed by atoms with van der Waals surface area (Å²) in [5, 5.41) is 14.4. The van der Waals surface area contributed by atoms with Crippen molar-refractivity contribution in [1.29, 1.82) is 0 Å². The maximum Gasteiger partial charge on any atom is 0.416 e. The fourth-order valence-electron chi connectivity index (χ4n) is 4.43. The number of carbonyl (C=O) groups excluding carboxylic acids is 2. The minimum absolute atomic E-state index is 0.0156. The van der Waals surface area contributed by atoms with Crippen molar-refractivity contribution in [3.05, 3.63) is 82.4 Å². The van der Waals surface area contributed by atoms with Crippen LogP contribution in [-0.4, -0.2) is 22.9 Å². The highest BCUT2D eigenvalue weighted by Crippen LogP contribution is 2.40. The highest BCUT2D eigenvalue weighted by atomic mass is 35.5. The second-order valence-corrected chi connectivity index (χ2v) is 9.59. The van der Waals surface area contributed by atoms with Crippen LogP contribution in [0.25, 0.3) is 11.1 Å². The summed E-state index contributed by atoms with van der Waals surface area (Å²) in [4.78, 5) is 36.5. The van der Waals surface area contributed by atoms with Crippen molar-refractivity contribution in [2.24, 2.45) is 5.41 Å². The van der Waals surface area contributed by atoms with E-state index in [0.29, 0.717) is 34.7 Å². The van der Waals surface area contributed by atoms with Crippen LogP contribution in [0.4, 0.5) is 29.3 Å². The number of ketones is 1. The average molecular weight is 531 g/mol. The van der Waals surface area contributed by atoms with Crippen molar-refractivity contribution in [1.82, 2.24) is 0 Å². The molecule has 0 aromatic heterocycles. The Hall–Kier alpha value is -3.85. The molecule has 0 spiro atoms. The Labute approximate surface area is 215 Å². The molecule has 0 aliphatic heterocycles. The number of amides is 2. The molecule has 1 aliphatic carbocycles. The molecule has 1 atom stereocenters. The van der Waals surface area contributed by atoms with E-state index in [-0.39, 0.29) is 17.9 Å². The van der Waals surface area contributed by atoms with Crippen LogP contribution in [0.15, 0.2) is 60.7 Å². The van der Waals surface area contributed by atoms with Gasteiger partial charge in [0.2, 0.25) is 0 Å². The van der Waals surface area contributed by atoms with E-state index in [1.54, 1.807) is 31.2 Å². The smallest absolute Gasteiger partial charge is 0.416 e. The summed E-state index contributed by atoms with van der Waals surface area (Å²) in [5.74, 6) is -1.21. The maximum atomic E-state index is 12.9. The summed E-state index contributed by atoms with van der Waals surface area (Å²) < 4.78 is 38.7. The molecule has 37 heavy (non-hydrogen) atoms. The summed E-state index contributed by atoms with van der Waals surface area (Å²) in [5.41, 5.74) is 1.20. The fraction of sp³-hybridized carbons (Fsp3) is 0.222. The van der Waals surface area contributed by atoms with Gasteiger partial charge < -0.3 is 15.7 Å². The first-order valence-corrected chi connectivity index (χ1v) is 11.7. The van der Waals surface area contributed by atoms with Crippen LogP contribution >= 0.6 is 11.6 Å². The number of carboxylic acids is 1. The number of hydrogen-bond acceptors (Lipinski definition) is 3. The minimum Gasteiger partial charge on any atom is -0.481 e. The number of benzene rings is 3. The van der Waals surface area contributed by atoms with Gasteiger partial charge in [0.1, 0.15) is 0 Å². The Morgan fingerprint density at radius 3 is 2.32 bits per heavy atom. The zero-order valence-electron chi connectivity index (χ0n) is 19.6. The number of aliphatic carboxylic acids is 1. The first-order valence-electron chi connectivity index (χ1n) is 11.3. The van der Waals surface area contributed by atoms with Crippen molar-refractivity contribution in [3.63, 3.8) is 0 Å². The predicted molar refractivity (Wildman–Crippen MR) is 134 cm³/mol. The van der Waals surface area contributed by atoms with Crippen molar-refractivity contribution in [2.75, 3.05) is 10.6 Å². The Balaban J connectivity index is 1.48. The van der Waals surface area contributed by atoms with E-state index < -0.39 is 29.2 Å². The molecule has 192 valence electrons. The summed E-state index contributed by atoms with van der Waals surface area (Å²) in [6, 6.07) is 13.6. The van der Waals surface area contributed by atoms with E-state index in [9.17, 15) is 32.7 Å². The van der Waals surface area contributed by atoms with Gasteiger partial charge in [-0.05, 0) is 54.3 Å². The van der Waals surface area contributed by atoms with E-state index in [1.165, 1.54) is 18.2 Å². The third-order valence-electron chi connectivity index (χ3n) is 6.37. The van der Waals surface area contributed by atoms with Crippen molar-refractivity contribution in [2.45, 2.75) is 32.4 Å². The van der Waals surface area contributed by atoms with Crippen molar-refractivity contribution in [3.8, 4) is 11.1 Å². The first-order chi connectivity index (χ1) is 17.4. The molecule has 1 aliphatic rings. The number of anilines is 2. The Kier molecular flexibility index (Phi) is 7.01. The standard InChI is InChI=1S/C27H22ClF3N2O4/c1-26(14-23(34)35)10-9-16-11-15(5-7-21(16)24(26)36)20-8-6-19(13-22(20)28)33-25(37)32-18-4-2-3-17(12-18)27(29,30)31/h2-8,11-13H,9-10,14H2,1H3,(H,34,35)(H2,32,33,37). The Bertz CT molecular complexity index is 1410. The lowest BCUT2D eigenvalue weighted by Crippen LogP contribution is -2.35. The number of hydrogen-bond donors (Lipinski definition) is 3. The monoisotopic (exact) mass is 530 g/mol. The molecule has 0 fully saturated rings. The number of rotatable bonds is 5. The second-order valence-electron chi connectivity index (χ2n) is 9.18. The highest BCUT2D eigenvalue weighted by Gasteiger charge is 2.40. The van der Waals surface area contributed by atoms with Crippen LogP contribution in [0.2, 0.25) is 5.02 Å². The third kappa shape index (κ3) is 5.77. The van der Waals surface area contributed by atoms with Crippen LogP contribution in [0.1, 0.15) is 41.3 Å². The van der Waals surface area contributed by atoms with Gasteiger partial charge >= 0.3 is 18.2 Å². The molecule has 0 bridgehead atoms. The van der Waals surface area contributed by atoms with Gasteiger partial charge in [0.15, 0.2) is 5.78 Å². The van der Waals surface area contributed by atoms with Gasteiger partial charge in [-0.2, -0.15) is 13.2 Å². The number of urea groups is 1. The van der Waals surface area contributed by atoms with Gasteiger partial charge in [0.25, 0.3) is 0 Å². The van der Waals surface area contributed by atoms with Crippen LogP contribution in [-0.2, 0) is 17.4 Å². The average Bonchev–Trinajstić information content (AvgIpc) is 2.81. The number of Topliss-reactive ketones (excluding diaryl/α,β-unsaturated/α-hetero) is 1. The number of alkyl halides is 3. The van der Waals surface area contributed by atoms with Crippen molar-refractivity contribution >= 4 is 40.8 Å². The molecule has 6 nitrogen and oxygen atoms in total. The Morgan fingerprint density at radius 1 is 1.00 bits per heavy atom. The molecule has 2 amide bonds. The van der Waals surface area contributed by atoms with Gasteiger partial charge in [0.05, 0.1) is 17.0 Å². The van der Waals surface area contributed by atoms with E-state index in [2.05, 4.69) is 10.6 Å². The summed E-state index contributed by atoms with van der Waals surface area (Å²) in [7, 11) is 0. The van der Waals surface area contributed by atoms with Gasteiger partial charge in [-0.1, -0.05) is 48.9 Å². The molecule has 3 aromatic carbocycles. The molecule has 10 heteroatoms. The van der Waals surface area contributed by atoms with E-state index in [1.807, 2.05) is 6.07 Å². The quantitative estimate of drug-likeness (QED) is 0.323. The normalized spacial score (nSPS) is 17.2. The summed E-state index contributed by atoms with van der Waals surface area (Å²) >= 11 is 6.46. The zero-order valence-corrected chi connectivity index (χ0v) is 20.3. The van der Waals surface area contributed by atoms with Crippen molar-refractivity contribution < 1.29 is 32.7 Å². The predicted octanol–water partition coefficient (Wildman–Crippen LogP) is 7.28. The van der Waals surface area contributed by atoms with E-state index in [0.717, 1.165) is 23.3 Å². The zero-order chi connectivity index (χ0) is 27.0. The van der Waals surface area contributed by atoms with E-state index >= 15 is 0 Å². The number of carboxylic acid groups (broad SMARTS) is 1. The molecule has 0 radical (unpaired) electrons. The topological polar surface area (TPSA) is 95.5 Å². The number of aryl methyl sites for hydroxylation is 1. The molecule has 0 saturated carbocycles. The van der Waals surface area contributed by atoms with Gasteiger partial charge in [0, 0.05) is 27.9 Å². The summed E-state index contributed by atoms with van der Waals surface area (Å²) in [6.45, 7) is 1.67. The van der Waals surface area contributed by atoms with Gasteiger partial charge in [-0.3, -0.25) is 9.59 Å². The van der Waals surface area contributed by atoms with Crippen LogP contribution in [0, 0.1) is 5.41 Å². The molecule has 3 N–H and O–H groups in total. The lowest BCUT2D eigenvalue weighted by atomic mass is 9.69. The molecule has 0 saturated heterocycles. The van der Waals surface area contributed by atoms with Crippen LogP contribution < -0.4 is 10.6 Å². The van der Waals surface area contributed by atoms with Crippen LogP contribution in [0.5, 0.6) is 0 Å². The maximum absolute atomic E-state index is 12.9. The fourth-order valence-corrected chi connectivity index (χ4v) is 4.72. The molecule has 1 unspecified atom stereocenters. The molecule has 0 heterocycles. The summed E-state index contributed by atoms with van der Waals surface area (Å²) in [6.07, 6.45) is -3.79. The SMILES string of the molecule is CC1(CC(=O)O)CCc2cc(-c3ccc(NC(=O)Nc4cccc(C(F)(F)F)c4)cc3Cl)ccc2C1=O. The lowest BCUT2D eigenvalue weighted by Gasteiger charge is -2.32. The molecule has 3 aromatic rings. The minimum atomic E-state index is -4.53. The largest absolute Gasteiger partial charge is 0.481 e. The number of nitrogens with one attached hydrogen (secondary N) is 2. The number of fused-ring (bicyclic) bond motifs is 1. The second kappa shape index (κ2) is 9.89. The van der Waals surface area contributed by atoms with E-state index in [4.69, 9.17) is 11.6 Å². The van der Waals surface area contributed by atoms with Crippen LogP contribution in [0.3, 0.4) is 0 Å². The lowest BCUT2D eigenvalue weighted by molar-refractivity contribution is -0.139. The Morgan fingerprint density at radius 2 is 1.68 bits per heavy atom. The third-order valence-corrected chi connectivity index (χ3v) is 6.68. The number of halogens is 4. The van der Waals surface area contributed by atoms with Gasteiger partial charge in [-0.15, -0.1) is 0 Å². The van der Waals surface area contributed by atoms with Gasteiger partial charge in [-0.25, -0.2) is 4.79 Å². The first kappa shape index (κ1) is 26.2. The number of carbonyl (C=O) groups is 3. The molecular formula is C27H22ClF3N2O4.